The number of nitrogens with one attached hydrogen (secondary N) is 1. The summed E-state index contributed by atoms with van der Waals surface area (Å²) in [6, 6.07) is 0. The minimum atomic E-state index is -1.30. The number of rotatable bonds is 3. The number of carbonyl (C=O) groups is 1. The number of nitrogens with zero attached hydrogens (tertiary/aromatic N) is 3. The Morgan fingerprint density at radius 3 is 2.40 bits per heavy atom. The third-order valence-corrected chi connectivity index (χ3v) is 1.66. The molecule has 0 radical (unpaired) electrons. The average Bonchev–Trinajstić information content (AvgIpc) is 2.76. The van der Waals surface area contributed by atoms with E-state index in [1.54, 1.807) is 0 Å². The molecule has 0 amide bonds. The third-order valence-electron chi connectivity index (χ3n) is 1.66. The van der Waals surface area contributed by atoms with Gasteiger partial charge in [-0.05, 0) is 0 Å². The van der Waals surface area contributed by atoms with Crippen molar-refractivity contribution in [3.8, 4) is 0 Å². The average molecular weight is 208 g/mol. The highest BCUT2D eigenvalue weighted by Crippen LogP contribution is 2.06. The number of hydrogen-bond donors (Lipinski definition) is 2. The van der Waals surface area contributed by atoms with E-state index in [1.165, 1.54) is 12.4 Å². The Balaban J connectivity index is 2.37. The lowest BCUT2D eigenvalue weighted by Gasteiger charge is -2.01. The van der Waals surface area contributed by atoms with Crippen molar-refractivity contribution < 1.29 is 9.90 Å². The van der Waals surface area contributed by atoms with Crippen LogP contribution in [0.1, 0.15) is 10.5 Å². The zero-order valence-electron chi connectivity index (χ0n) is 7.17. The zero-order valence-corrected chi connectivity index (χ0v) is 7.17. The van der Waals surface area contributed by atoms with Gasteiger partial charge in [0.15, 0.2) is 11.5 Å². The number of carboxylic acid groups (broad SMARTS) is 1. The molecule has 0 aliphatic heterocycles. The van der Waals surface area contributed by atoms with Gasteiger partial charge < -0.3 is 5.11 Å². The predicted molar refractivity (Wildman–Crippen MR) is 47.4 cm³/mol. The van der Waals surface area contributed by atoms with Crippen molar-refractivity contribution in [3.63, 3.8) is 0 Å². The third kappa shape index (κ3) is 1.47. The summed E-state index contributed by atoms with van der Waals surface area (Å²) in [7, 11) is 0. The van der Waals surface area contributed by atoms with Crippen molar-refractivity contribution in [2.24, 2.45) is 0 Å². The van der Waals surface area contributed by atoms with Gasteiger partial charge in [0.05, 0.1) is 0 Å². The van der Waals surface area contributed by atoms with E-state index in [9.17, 15) is 14.4 Å². The summed E-state index contributed by atoms with van der Waals surface area (Å²) >= 11 is 0. The number of hydrogen-bond acceptors (Lipinski definition) is 6. The Morgan fingerprint density at radius 2 is 1.87 bits per heavy atom. The molecule has 8 nitrogen and oxygen atoms in total. The summed E-state index contributed by atoms with van der Waals surface area (Å²) in [6.45, 7) is 0. The first kappa shape index (κ1) is 9.06. The fourth-order valence-corrected chi connectivity index (χ4v) is 0.919. The maximum absolute atomic E-state index is 10.7. The Hall–Kier alpha value is -2.51. The van der Waals surface area contributed by atoms with Gasteiger partial charge in [0.2, 0.25) is 0 Å². The van der Waals surface area contributed by atoms with Crippen molar-refractivity contribution in [1.29, 1.82) is 0 Å². The highest BCUT2D eigenvalue weighted by atomic mass is 16.4. The molecule has 0 fully saturated rings. The van der Waals surface area contributed by atoms with Crippen molar-refractivity contribution in [3.05, 3.63) is 38.8 Å². The molecule has 0 aromatic carbocycles. The first-order valence-corrected chi connectivity index (χ1v) is 3.80. The standard InChI is InChI=1S/C7H4N4O4/c12-5-6(13)11(5)10-4-3(7(14)15)8-1-2-9-4/h1-2H,(H,9,10)(H,14,15). The highest BCUT2D eigenvalue weighted by Gasteiger charge is 2.20. The van der Waals surface area contributed by atoms with E-state index in [0.29, 0.717) is 4.68 Å². The van der Waals surface area contributed by atoms with Crippen molar-refractivity contribution in [2.75, 3.05) is 5.43 Å². The molecule has 0 unspecified atom stereocenters. The van der Waals surface area contributed by atoms with Gasteiger partial charge in [-0.25, -0.2) is 14.8 Å². The molecule has 8 heteroatoms. The molecule has 2 aromatic heterocycles. The minimum Gasteiger partial charge on any atom is -0.476 e. The molecular weight excluding hydrogens is 204 g/mol. The maximum atomic E-state index is 10.7. The molecule has 0 spiro atoms. The first-order chi connectivity index (χ1) is 7.11. The molecule has 0 aliphatic carbocycles. The van der Waals surface area contributed by atoms with Gasteiger partial charge in [0, 0.05) is 12.4 Å². The van der Waals surface area contributed by atoms with E-state index in [4.69, 9.17) is 5.11 Å². The van der Waals surface area contributed by atoms with Gasteiger partial charge in [-0.1, -0.05) is 0 Å². The quantitative estimate of drug-likeness (QED) is 0.586. The van der Waals surface area contributed by atoms with E-state index in [0.717, 1.165) is 0 Å². The van der Waals surface area contributed by atoms with E-state index >= 15 is 0 Å². The first-order valence-electron chi connectivity index (χ1n) is 3.80. The van der Waals surface area contributed by atoms with Crippen LogP contribution in [0.15, 0.2) is 22.0 Å². The van der Waals surface area contributed by atoms with Gasteiger partial charge in [0.1, 0.15) is 0 Å². The highest BCUT2D eigenvalue weighted by molar-refractivity contribution is 5.90. The summed E-state index contributed by atoms with van der Waals surface area (Å²) in [5.74, 6) is -1.45. The molecule has 0 saturated carbocycles. The smallest absolute Gasteiger partial charge is 0.358 e. The summed E-state index contributed by atoms with van der Waals surface area (Å²) in [6.07, 6.45) is 2.44. The molecule has 2 heterocycles. The Labute approximate surface area is 81.5 Å². The lowest BCUT2D eigenvalue weighted by atomic mass is 10.4. The minimum absolute atomic E-state index is 0.149. The monoisotopic (exact) mass is 208 g/mol. The zero-order chi connectivity index (χ0) is 11.0. The van der Waals surface area contributed by atoms with E-state index in [1.807, 2.05) is 0 Å². The molecule has 15 heavy (non-hydrogen) atoms. The second kappa shape index (κ2) is 3.01. The number of carboxylic acids is 1. The Kier molecular flexibility index (Phi) is 1.82. The van der Waals surface area contributed by atoms with E-state index < -0.39 is 17.1 Å². The summed E-state index contributed by atoms with van der Waals surface area (Å²) in [4.78, 5) is 39.1. The van der Waals surface area contributed by atoms with Gasteiger partial charge in [-0.3, -0.25) is 15.0 Å². The largest absolute Gasteiger partial charge is 0.476 e. The van der Waals surface area contributed by atoms with Crippen LogP contribution >= 0.6 is 0 Å². The van der Waals surface area contributed by atoms with Crippen LogP contribution < -0.4 is 16.5 Å². The fraction of sp³-hybridized carbons (Fsp3) is 0. The lowest BCUT2D eigenvalue weighted by molar-refractivity contribution is 0.0691. The van der Waals surface area contributed by atoms with E-state index in [-0.39, 0.29) is 11.5 Å². The van der Waals surface area contributed by atoms with Crippen LogP contribution in [0.2, 0.25) is 0 Å². The second-order valence-corrected chi connectivity index (χ2v) is 2.62. The summed E-state index contributed by atoms with van der Waals surface area (Å²) < 4.78 is 0.649. The molecular formula is C7H4N4O4. The molecule has 76 valence electrons. The normalized spacial score (nSPS) is 10.4. The lowest BCUT2D eigenvalue weighted by Crippen LogP contribution is -2.14. The molecule has 2 rings (SSSR count). The molecule has 0 saturated heterocycles. The van der Waals surface area contributed by atoms with Gasteiger partial charge >= 0.3 is 17.1 Å². The van der Waals surface area contributed by atoms with Crippen molar-refractivity contribution in [1.82, 2.24) is 14.6 Å². The van der Waals surface area contributed by atoms with Crippen LogP contribution in [0.25, 0.3) is 0 Å². The van der Waals surface area contributed by atoms with Crippen LogP contribution in [-0.4, -0.2) is 25.7 Å². The van der Waals surface area contributed by atoms with Crippen LogP contribution in [-0.2, 0) is 0 Å². The SMILES string of the molecule is O=C(O)c1nccnc1Nn1c(=O)c1=O. The summed E-state index contributed by atoms with van der Waals surface area (Å²) in [5.41, 5.74) is 0.411. The summed E-state index contributed by atoms with van der Waals surface area (Å²) in [5, 5.41) is 8.70. The van der Waals surface area contributed by atoms with Gasteiger partial charge in [0.25, 0.3) is 0 Å². The molecule has 0 bridgehead atoms. The van der Waals surface area contributed by atoms with Gasteiger partial charge in [-0.2, -0.15) is 4.68 Å². The molecule has 0 atom stereocenters. The number of anilines is 1. The Bertz CT molecular complexity index is 570. The molecule has 2 aromatic rings. The van der Waals surface area contributed by atoms with Crippen molar-refractivity contribution >= 4 is 11.8 Å². The van der Waals surface area contributed by atoms with Crippen LogP contribution in [0, 0.1) is 0 Å². The van der Waals surface area contributed by atoms with Crippen molar-refractivity contribution in [2.45, 2.75) is 0 Å². The number of aromatic carboxylic acids is 1. The maximum Gasteiger partial charge on any atom is 0.358 e. The molecule has 2 N–H and O–H groups in total. The Morgan fingerprint density at radius 1 is 1.27 bits per heavy atom. The molecule has 0 aliphatic rings. The fourth-order valence-electron chi connectivity index (χ4n) is 0.919. The van der Waals surface area contributed by atoms with Crippen LogP contribution in [0.4, 0.5) is 5.82 Å². The van der Waals surface area contributed by atoms with E-state index in [2.05, 4.69) is 15.4 Å². The number of aromatic nitrogens is 3. The predicted octanol–water partition coefficient (Wildman–Crippen LogP) is -1.55. The topological polar surface area (TPSA) is 114 Å². The second-order valence-electron chi connectivity index (χ2n) is 2.62. The van der Waals surface area contributed by atoms with Crippen LogP contribution in [0.3, 0.4) is 0 Å². The van der Waals surface area contributed by atoms with Crippen LogP contribution in [0.5, 0.6) is 0 Å². The van der Waals surface area contributed by atoms with Gasteiger partial charge in [-0.15, -0.1) is 0 Å².